The zero-order valence-corrected chi connectivity index (χ0v) is 21.5. The van der Waals surface area contributed by atoms with Crippen molar-refractivity contribution in [1.82, 2.24) is 15.5 Å². The van der Waals surface area contributed by atoms with E-state index in [1.807, 2.05) is 12.1 Å². The third-order valence-corrected chi connectivity index (χ3v) is 5.38. The summed E-state index contributed by atoms with van der Waals surface area (Å²) in [4.78, 5) is 7.50. The van der Waals surface area contributed by atoms with E-state index in [-0.39, 0.29) is 29.4 Å². The first-order chi connectivity index (χ1) is 13.3. The molecule has 0 bridgehead atoms. The highest BCUT2D eigenvalue weighted by molar-refractivity contribution is 14.0. The Morgan fingerprint density at radius 1 is 1.28 bits per heavy atom. The van der Waals surface area contributed by atoms with Crippen LogP contribution in [-0.2, 0) is 5.41 Å². The molecule has 0 amide bonds. The summed E-state index contributed by atoms with van der Waals surface area (Å²) in [6.45, 7) is 16.3. The number of rotatable bonds is 8. The summed E-state index contributed by atoms with van der Waals surface area (Å²) in [5.74, 6) is 2.57. The number of methoxy groups -OCH3 is 1. The van der Waals surface area contributed by atoms with E-state index in [0.29, 0.717) is 6.04 Å². The lowest BCUT2D eigenvalue weighted by molar-refractivity contribution is 0.187. The van der Waals surface area contributed by atoms with Gasteiger partial charge in [-0.3, -0.25) is 4.99 Å². The molecule has 1 aliphatic heterocycles. The van der Waals surface area contributed by atoms with Crippen LogP contribution in [0.2, 0.25) is 0 Å². The van der Waals surface area contributed by atoms with Gasteiger partial charge >= 0.3 is 0 Å². The Balaban J connectivity index is 0.00000420. The monoisotopic (exact) mass is 516 g/mol. The Bertz CT molecular complexity index is 625. The van der Waals surface area contributed by atoms with E-state index in [2.05, 4.69) is 62.3 Å². The molecule has 0 saturated carbocycles. The van der Waals surface area contributed by atoms with E-state index in [1.54, 1.807) is 7.11 Å². The molecular formula is C23H41IN4O. The van der Waals surface area contributed by atoms with Crippen molar-refractivity contribution in [1.29, 1.82) is 0 Å². The molecule has 29 heavy (non-hydrogen) atoms. The van der Waals surface area contributed by atoms with Crippen molar-refractivity contribution in [3.05, 3.63) is 29.8 Å². The number of halogens is 1. The van der Waals surface area contributed by atoms with E-state index in [9.17, 15) is 0 Å². The van der Waals surface area contributed by atoms with Crippen molar-refractivity contribution >= 4 is 29.9 Å². The van der Waals surface area contributed by atoms with Crippen LogP contribution in [0.3, 0.4) is 0 Å². The molecule has 6 heteroatoms. The third kappa shape index (κ3) is 8.70. The average molecular weight is 517 g/mol. The first kappa shape index (κ1) is 26.0. The predicted octanol–water partition coefficient (Wildman–Crippen LogP) is 4.27. The van der Waals surface area contributed by atoms with Gasteiger partial charge in [0.25, 0.3) is 0 Å². The molecule has 1 aliphatic rings. The molecule has 1 aromatic rings. The minimum absolute atomic E-state index is 0. The lowest BCUT2D eigenvalue weighted by atomic mass is 9.84. The van der Waals surface area contributed by atoms with Crippen LogP contribution in [0.4, 0.5) is 0 Å². The summed E-state index contributed by atoms with van der Waals surface area (Å²) >= 11 is 0. The van der Waals surface area contributed by atoms with Gasteiger partial charge in [-0.05, 0) is 43.4 Å². The molecule has 0 aromatic heterocycles. The van der Waals surface area contributed by atoms with Gasteiger partial charge < -0.3 is 20.3 Å². The van der Waals surface area contributed by atoms with Crippen LogP contribution in [-0.4, -0.2) is 56.7 Å². The molecule has 0 spiro atoms. The van der Waals surface area contributed by atoms with E-state index < -0.39 is 0 Å². The fourth-order valence-corrected chi connectivity index (χ4v) is 3.70. The molecule has 2 N–H and O–H groups in total. The van der Waals surface area contributed by atoms with Crippen LogP contribution < -0.4 is 15.4 Å². The lowest BCUT2D eigenvalue weighted by Gasteiger charge is -2.34. The maximum Gasteiger partial charge on any atom is 0.191 e. The molecule has 1 aromatic carbocycles. The van der Waals surface area contributed by atoms with Gasteiger partial charge in [0.15, 0.2) is 5.96 Å². The van der Waals surface area contributed by atoms with Crippen molar-refractivity contribution in [3.8, 4) is 5.75 Å². The number of nitrogens with zero attached hydrogens (tertiary/aromatic N) is 2. The Kier molecular flexibility index (Phi) is 11.3. The minimum Gasteiger partial charge on any atom is -0.497 e. The second-order valence-corrected chi connectivity index (χ2v) is 8.92. The van der Waals surface area contributed by atoms with Gasteiger partial charge in [0, 0.05) is 37.6 Å². The molecule has 0 atom stereocenters. The maximum atomic E-state index is 5.38. The molecule has 1 heterocycles. The topological polar surface area (TPSA) is 48.9 Å². The summed E-state index contributed by atoms with van der Waals surface area (Å²) < 4.78 is 5.38. The van der Waals surface area contributed by atoms with Crippen LogP contribution in [0.25, 0.3) is 0 Å². The molecule has 0 radical (unpaired) electrons. The Labute approximate surface area is 195 Å². The molecular weight excluding hydrogens is 475 g/mol. The van der Waals surface area contributed by atoms with Gasteiger partial charge in [0.2, 0.25) is 0 Å². The zero-order valence-electron chi connectivity index (χ0n) is 19.1. The van der Waals surface area contributed by atoms with Crippen LogP contribution >= 0.6 is 24.0 Å². The zero-order chi connectivity index (χ0) is 20.6. The van der Waals surface area contributed by atoms with Gasteiger partial charge in [-0.25, -0.2) is 0 Å². The van der Waals surface area contributed by atoms with Gasteiger partial charge in [-0.15, -0.1) is 24.0 Å². The molecule has 5 nitrogen and oxygen atoms in total. The van der Waals surface area contributed by atoms with Crippen molar-refractivity contribution < 1.29 is 4.74 Å². The maximum absolute atomic E-state index is 5.38. The second kappa shape index (κ2) is 12.6. The lowest BCUT2D eigenvalue weighted by Crippen LogP contribution is -2.49. The summed E-state index contributed by atoms with van der Waals surface area (Å²) in [5.41, 5.74) is 1.19. The van der Waals surface area contributed by atoms with Crippen LogP contribution in [0.1, 0.15) is 53.0 Å². The first-order valence-corrected chi connectivity index (χ1v) is 10.8. The van der Waals surface area contributed by atoms with Crippen LogP contribution in [0.5, 0.6) is 5.75 Å². The van der Waals surface area contributed by atoms with Gasteiger partial charge in [0.1, 0.15) is 5.75 Å². The second-order valence-electron chi connectivity index (χ2n) is 8.92. The summed E-state index contributed by atoms with van der Waals surface area (Å²) in [5, 5.41) is 7.09. The van der Waals surface area contributed by atoms with Crippen LogP contribution in [0.15, 0.2) is 29.3 Å². The SMILES string of the molecule is CCNC(=NCC(C)(C)c1cccc(OC)c1)NC1CCN(CC(C)C)CC1.I. The van der Waals surface area contributed by atoms with Gasteiger partial charge in [0.05, 0.1) is 13.7 Å². The highest BCUT2D eigenvalue weighted by atomic mass is 127. The van der Waals surface area contributed by atoms with Crippen LogP contribution in [0, 0.1) is 5.92 Å². The van der Waals surface area contributed by atoms with E-state index in [4.69, 9.17) is 9.73 Å². The standard InChI is InChI=1S/C23H40N4O.HI/c1-7-24-22(26-20-11-13-27(14-12-20)16-18(2)3)25-17-23(4,5)19-9-8-10-21(15-19)28-6;/h8-10,15,18,20H,7,11-14,16-17H2,1-6H3,(H2,24,25,26);1H. The van der Waals surface area contributed by atoms with Gasteiger partial charge in [-0.2, -0.15) is 0 Å². The fraction of sp³-hybridized carbons (Fsp3) is 0.696. The average Bonchev–Trinajstić information content (AvgIpc) is 2.67. The quantitative estimate of drug-likeness (QED) is 0.308. The summed E-state index contributed by atoms with van der Waals surface area (Å²) in [6, 6.07) is 8.80. The van der Waals surface area contributed by atoms with Crippen molar-refractivity contribution in [2.45, 2.75) is 58.9 Å². The van der Waals surface area contributed by atoms with Crippen molar-refractivity contribution in [2.75, 3.05) is 39.8 Å². The molecule has 0 aliphatic carbocycles. The van der Waals surface area contributed by atoms with E-state index in [0.717, 1.165) is 30.7 Å². The van der Waals surface area contributed by atoms with E-state index >= 15 is 0 Å². The van der Waals surface area contributed by atoms with Crippen molar-refractivity contribution in [3.63, 3.8) is 0 Å². The van der Waals surface area contributed by atoms with E-state index in [1.165, 1.54) is 38.0 Å². The number of piperidine rings is 1. The molecule has 166 valence electrons. The number of guanidine groups is 1. The number of ether oxygens (including phenoxy) is 1. The number of likely N-dealkylation sites (tertiary alicyclic amines) is 1. The normalized spacial score (nSPS) is 16.4. The number of aliphatic imine (C=N–C) groups is 1. The van der Waals surface area contributed by atoms with Crippen molar-refractivity contribution in [2.24, 2.45) is 10.9 Å². The number of nitrogens with one attached hydrogen (secondary N) is 2. The smallest absolute Gasteiger partial charge is 0.191 e. The Morgan fingerprint density at radius 3 is 2.55 bits per heavy atom. The Hall–Kier alpha value is -1.02. The number of hydrogen-bond donors (Lipinski definition) is 2. The molecule has 0 unspecified atom stereocenters. The number of hydrogen-bond acceptors (Lipinski definition) is 3. The highest BCUT2D eigenvalue weighted by Gasteiger charge is 2.23. The number of benzene rings is 1. The molecule has 2 rings (SSSR count). The third-order valence-electron chi connectivity index (χ3n) is 5.38. The highest BCUT2D eigenvalue weighted by Crippen LogP contribution is 2.26. The summed E-state index contributed by atoms with van der Waals surface area (Å²) in [7, 11) is 1.71. The predicted molar refractivity (Wildman–Crippen MR) is 135 cm³/mol. The molecule has 1 fully saturated rings. The summed E-state index contributed by atoms with van der Waals surface area (Å²) in [6.07, 6.45) is 2.35. The molecule has 1 saturated heterocycles. The minimum atomic E-state index is -0.0580. The Morgan fingerprint density at radius 2 is 1.97 bits per heavy atom. The fourth-order valence-electron chi connectivity index (χ4n) is 3.70. The first-order valence-electron chi connectivity index (χ1n) is 10.8. The largest absolute Gasteiger partial charge is 0.497 e. The van der Waals surface area contributed by atoms with Gasteiger partial charge in [-0.1, -0.05) is 39.8 Å².